The van der Waals surface area contributed by atoms with E-state index in [-0.39, 0.29) is 12.1 Å². The number of benzene rings is 1. The first-order valence-corrected chi connectivity index (χ1v) is 4.65. The smallest absolute Gasteiger partial charge is 0.280 e. The van der Waals surface area contributed by atoms with Crippen LogP contribution in [0.1, 0.15) is 5.56 Å². The van der Waals surface area contributed by atoms with Gasteiger partial charge in [0.15, 0.2) is 0 Å². The Hall–Kier alpha value is -2.31. The Bertz CT molecular complexity index is 643. The zero-order valence-electron chi connectivity index (χ0n) is 8.48. The Kier molecular flexibility index (Phi) is 2.82. The third-order valence-corrected chi connectivity index (χ3v) is 2.06. The summed E-state index contributed by atoms with van der Waals surface area (Å²) in [7, 11) is 0. The van der Waals surface area contributed by atoms with Crippen molar-refractivity contribution in [3.8, 4) is 0 Å². The predicted molar refractivity (Wildman–Crippen MR) is 54.6 cm³/mol. The van der Waals surface area contributed by atoms with E-state index in [0.717, 1.165) is 29.1 Å². The number of nitrogens with one attached hydrogen (secondary N) is 1. The highest BCUT2D eigenvalue weighted by molar-refractivity contribution is 5.18. The van der Waals surface area contributed by atoms with Crippen molar-refractivity contribution in [2.75, 3.05) is 0 Å². The van der Waals surface area contributed by atoms with Crippen molar-refractivity contribution in [2.24, 2.45) is 0 Å². The maximum Gasteiger partial charge on any atom is 0.350 e. The van der Waals surface area contributed by atoms with Crippen LogP contribution in [-0.4, -0.2) is 14.5 Å². The molecule has 0 saturated carbocycles. The number of hydrogen-bond acceptors (Lipinski definition) is 3. The van der Waals surface area contributed by atoms with E-state index < -0.39 is 23.0 Å². The predicted octanol–water partition coefficient (Wildman–Crippen LogP) is 0.258. The molecule has 7 heteroatoms. The highest BCUT2D eigenvalue weighted by atomic mass is 19.1. The normalized spacial score (nSPS) is 10.5. The average Bonchev–Trinajstić information content (AvgIpc) is 2.21. The summed E-state index contributed by atoms with van der Waals surface area (Å²) in [6.07, 6.45) is 1.02. The van der Waals surface area contributed by atoms with Gasteiger partial charge in [-0.2, -0.15) is 4.98 Å². The molecule has 0 amide bonds. The monoisotopic (exact) mass is 239 g/mol. The summed E-state index contributed by atoms with van der Waals surface area (Å²) in [4.78, 5) is 27.3. The van der Waals surface area contributed by atoms with Crippen molar-refractivity contribution < 1.29 is 8.78 Å². The van der Waals surface area contributed by atoms with Crippen LogP contribution in [-0.2, 0) is 6.54 Å². The Morgan fingerprint density at radius 1 is 1.18 bits per heavy atom. The molecule has 1 aromatic carbocycles. The quantitative estimate of drug-likeness (QED) is 0.817. The van der Waals surface area contributed by atoms with Gasteiger partial charge >= 0.3 is 11.4 Å². The minimum absolute atomic E-state index is 0.0721. The van der Waals surface area contributed by atoms with Gasteiger partial charge in [0.25, 0.3) is 0 Å². The van der Waals surface area contributed by atoms with Gasteiger partial charge in [0.05, 0.1) is 6.54 Å². The Labute approximate surface area is 93.4 Å². The molecule has 0 bridgehead atoms. The highest BCUT2D eigenvalue weighted by Crippen LogP contribution is 2.08. The molecule has 0 radical (unpaired) electrons. The van der Waals surface area contributed by atoms with Crippen molar-refractivity contribution in [1.82, 2.24) is 14.5 Å². The molecule has 2 rings (SSSR count). The van der Waals surface area contributed by atoms with Crippen molar-refractivity contribution in [3.63, 3.8) is 0 Å². The SMILES string of the molecule is O=c1ncn(Cc2cc(F)cc(F)c2)c(=O)[nH]1. The highest BCUT2D eigenvalue weighted by Gasteiger charge is 2.03. The molecular weight excluding hydrogens is 232 g/mol. The fourth-order valence-corrected chi connectivity index (χ4v) is 1.38. The first-order chi connectivity index (χ1) is 8.04. The lowest BCUT2D eigenvalue weighted by molar-refractivity contribution is 0.575. The Morgan fingerprint density at radius 2 is 1.82 bits per heavy atom. The lowest BCUT2D eigenvalue weighted by atomic mass is 10.2. The molecule has 0 atom stereocenters. The number of aromatic nitrogens is 3. The average molecular weight is 239 g/mol. The van der Waals surface area contributed by atoms with Crippen LogP contribution in [0, 0.1) is 11.6 Å². The molecule has 0 aliphatic carbocycles. The zero-order chi connectivity index (χ0) is 12.4. The van der Waals surface area contributed by atoms with Crippen molar-refractivity contribution in [3.05, 3.63) is 62.7 Å². The van der Waals surface area contributed by atoms with Crippen LogP contribution in [0.4, 0.5) is 8.78 Å². The molecular formula is C10H7F2N3O2. The van der Waals surface area contributed by atoms with Crippen molar-refractivity contribution >= 4 is 0 Å². The Balaban J connectivity index is 2.38. The number of aromatic amines is 1. The first kappa shape index (κ1) is 11.2. The summed E-state index contributed by atoms with van der Waals surface area (Å²) < 4.78 is 26.8. The van der Waals surface area contributed by atoms with E-state index >= 15 is 0 Å². The van der Waals surface area contributed by atoms with E-state index in [1.165, 1.54) is 0 Å². The second kappa shape index (κ2) is 4.28. The summed E-state index contributed by atoms with van der Waals surface area (Å²) >= 11 is 0. The fourth-order valence-electron chi connectivity index (χ4n) is 1.38. The molecule has 1 N–H and O–H groups in total. The third kappa shape index (κ3) is 2.63. The molecule has 0 spiro atoms. The van der Waals surface area contributed by atoms with Gasteiger partial charge in [0.1, 0.15) is 18.0 Å². The second-order valence-corrected chi connectivity index (χ2v) is 3.39. The molecule has 0 aliphatic rings. The summed E-state index contributed by atoms with van der Waals surface area (Å²) in [6.45, 7) is -0.0721. The fraction of sp³-hybridized carbons (Fsp3) is 0.100. The first-order valence-electron chi connectivity index (χ1n) is 4.65. The standard InChI is InChI=1S/C10H7F2N3O2/c11-7-1-6(2-8(12)3-7)4-15-5-13-9(16)14-10(15)17/h1-3,5H,4H2,(H,14,16,17). The van der Waals surface area contributed by atoms with Gasteiger partial charge in [0.2, 0.25) is 0 Å². The third-order valence-electron chi connectivity index (χ3n) is 2.06. The van der Waals surface area contributed by atoms with Crippen LogP contribution in [0.2, 0.25) is 0 Å². The summed E-state index contributed by atoms with van der Waals surface area (Å²) in [5, 5.41) is 0. The van der Waals surface area contributed by atoms with Gasteiger partial charge in [0, 0.05) is 6.07 Å². The molecule has 2 aromatic rings. The summed E-state index contributed by atoms with van der Waals surface area (Å²) in [5.74, 6) is -1.46. The van der Waals surface area contributed by atoms with Crippen LogP contribution in [0.5, 0.6) is 0 Å². The van der Waals surface area contributed by atoms with Crippen molar-refractivity contribution in [2.45, 2.75) is 6.54 Å². The minimum atomic E-state index is -0.767. The largest absolute Gasteiger partial charge is 0.350 e. The maximum absolute atomic E-state index is 12.9. The van der Waals surface area contributed by atoms with Gasteiger partial charge in [-0.3, -0.25) is 9.55 Å². The summed E-state index contributed by atoms with van der Waals surface area (Å²) in [5.41, 5.74) is -1.19. The van der Waals surface area contributed by atoms with Gasteiger partial charge in [-0.1, -0.05) is 0 Å². The van der Waals surface area contributed by atoms with E-state index in [4.69, 9.17) is 0 Å². The molecule has 88 valence electrons. The minimum Gasteiger partial charge on any atom is -0.280 e. The molecule has 0 saturated heterocycles. The van der Waals surface area contributed by atoms with Crippen LogP contribution >= 0.6 is 0 Å². The van der Waals surface area contributed by atoms with E-state index in [9.17, 15) is 18.4 Å². The number of hydrogen-bond donors (Lipinski definition) is 1. The number of H-pyrrole nitrogens is 1. The lowest BCUT2D eigenvalue weighted by Crippen LogP contribution is -2.31. The number of rotatable bonds is 2. The van der Waals surface area contributed by atoms with Gasteiger partial charge in [-0.05, 0) is 17.7 Å². The van der Waals surface area contributed by atoms with E-state index in [1.807, 2.05) is 4.98 Å². The molecule has 0 aliphatic heterocycles. The Morgan fingerprint density at radius 3 is 2.41 bits per heavy atom. The van der Waals surface area contributed by atoms with E-state index in [2.05, 4.69) is 4.98 Å². The molecule has 0 unspecified atom stereocenters. The van der Waals surface area contributed by atoms with Crippen LogP contribution in [0.15, 0.2) is 34.1 Å². The lowest BCUT2D eigenvalue weighted by Gasteiger charge is -2.04. The van der Waals surface area contributed by atoms with Gasteiger partial charge < -0.3 is 0 Å². The zero-order valence-corrected chi connectivity index (χ0v) is 8.48. The summed E-state index contributed by atoms with van der Waals surface area (Å²) in [6, 6.07) is 2.93. The second-order valence-electron chi connectivity index (χ2n) is 3.39. The molecule has 1 aromatic heterocycles. The van der Waals surface area contributed by atoms with Crippen LogP contribution in [0.3, 0.4) is 0 Å². The maximum atomic E-state index is 12.9. The topological polar surface area (TPSA) is 67.8 Å². The van der Waals surface area contributed by atoms with E-state index in [1.54, 1.807) is 0 Å². The molecule has 5 nitrogen and oxygen atoms in total. The number of halogens is 2. The van der Waals surface area contributed by atoms with E-state index in [0.29, 0.717) is 0 Å². The molecule has 17 heavy (non-hydrogen) atoms. The van der Waals surface area contributed by atoms with Crippen molar-refractivity contribution in [1.29, 1.82) is 0 Å². The van der Waals surface area contributed by atoms with Crippen LogP contribution in [0.25, 0.3) is 0 Å². The molecule has 0 fully saturated rings. The van der Waals surface area contributed by atoms with Gasteiger partial charge in [-0.25, -0.2) is 18.4 Å². The van der Waals surface area contributed by atoms with Gasteiger partial charge in [-0.15, -0.1) is 0 Å². The number of nitrogens with zero attached hydrogens (tertiary/aromatic N) is 2. The molecule has 1 heterocycles. The van der Waals surface area contributed by atoms with Crippen LogP contribution < -0.4 is 11.4 Å².